The second-order valence-electron chi connectivity index (χ2n) is 3.78. The van der Waals surface area contributed by atoms with Crippen molar-refractivity contribution in [1.82, 2.24) is 9.97 Å². The van der Waals surface area contributed by atoms with E-state index in [1.807, 2.05) is 30.3 Å². The van der Waals surface area contributed by atoms with Crippen molar-refractivity contribution < 1.29 is 9.47 Å². The molecule has 3 aromatic rings. The molecule has 1 aromatic carbocycles. The third kappa shape index (κ3) is 2.30. The fourth-order valence-corrected chi connectivity index (χ4v) is 2.39. The number of ether oxygens (including phenoxy) is 2. The van der Waals surface area contributed by atoms with Gasteiger partial charge >= 0.3 is 0 Å². The van der Waals surface area contributed by atoms with Crippen LogP contribution in [0.15, 0.2) is 36.4 Å². The first kappa shape index (κ1) is 11.7. The standard InChI is InChI=1S/C13H11N3O2S/c1-17-9-4-2-3-5-10(9)18-11-7-6-8-12(16-11)19-13(14)15-8/h2-7H,1H3,(H2,14,15). The summed E-state index contributed by atoms with van der Waals surface area (Å²) < 4.78 is 10.9. The molecule has 0 amide bonds. The van der Waals surface area contributed by atoms with Crippen LogP contribution in [0.1, 0.15) is 0 Å². The minimum atomic E-state index is 0.487. The van der Waals surface area contributed by atoms with Gasteiger partial charge in [-0.1, -0.05) is 23.5 Å². The lowest BCUT2D eigenvalue weighted by Crippen LogP contribution is -1.91. The second-order valence-corrected chi connectivity index (χ2v) is 4.79. The highest BCUT2D eigenvalue weighted by molar-refractivity contribution is 7.21. The van der Waals surface area contributed by atoms with E-state index in [2.05, 4.69) is 9.97 Å². The van der Waals surface area contributed by atoms with Crippen molar-refractivity contribution in [3.63, 3.8) is 0 Å². The molecule has 2 heterocycles. The molecule has 2 N–H and O–H groups in total. The van der Waals surface area contributed by atoms with E-state index >= 15 is 0 Å². The van der Waals surface area contributed by atoms with E-state index in [0.717, 1.165) is 10.3 Å². The van der Waals surface area contributed by atoms with Crippen molar-refractivity contribution >= 4 is 26.8 Å². The monoisotopic (exact) mass is 273 g/mol. The van der Waals surface area contributed by atoms with Gasteiger partial charge in [-0.2, -0.15) is 0 Å². The van der Waals surface area contributed by atoms with Gasteiger partial charge in [-0.25, -0.2) is 9.97 Å². The van der Waals surface area contributed by atoms with Crippen LogP contribution in [0.25, 0.3) is 10.3 Å². The third-order valence-electron chi connectivity index (χ3n) is 2.53. The molecule has 0 saturated carbocycles. The number of hydrogen-bond acceptors (Lipinski definition) is 6. The van der Waals surface area contributed by atoms with E-state index < -0.39 is 0 Å². The van der Waals surface area contributed by atoms with Gasteiger partial charge in [-0.05, 0) is 18.2 Å². The summed E-state index contributed by atoms with van der Waals surface area (Å²) in [6, 6.07) is 11.0. The van der Waals surface area contributed by atoms with Crippen LogP contribution in [0, 0.1) is 0 Å². The number of pyridine rings is 1. The summed E-state index contributed by atoms with van der Waals surface area (Å²) in [5.41, 5.74) is 6.42. The number of nitrogens with zero attached hydrogens (tertiary/aromatic N) is 2. The average Bonchev–Trinajstić information content (AvgIpc) is 2.79. The van der Waals surface area contributed by atoms with E-state index in [1.54, 1.807) is 13.2 Å². The Hall–Kier alpha value is -2.34. The third-order valence-corrected chi connectivity index (χ3v) is 3.32. The highest BCUT2D eigenvalue weighted by atomic mass is 32.1. The van der Waals surface area contributed by atoms with Gasteiger partial charge in [0, 0.05) is 6.07 Å². The smallest absolute Gasteiger partial charge is 0.220 e. The topological polar surface area (TPSA) is 70.3 Å². The second kappa shape index (κ2) is 4.74. The van der Waals surface area contributed by atoms with Gasteiger partial charge < -0.3 is 15.2 Å². The number of rotatable bonds is 3. The summed E-state index contributed by atoms with van der Waals surface area (Å²) in [7, 11) is 1.60. The minimum absolute atomic E-state index is 0.487. The molecule has 0 saturated heterocycles. The zero-order valence-corrected chi connectivity index (χ0v) is 11.0. The molecule has 0 atom stereocenters. The molecule has 0 aliphatic carbocycles. The number of nitrogens with two attached hydrogens (primary N) is 1. The zero-order valence-electron chi connectivity index (χ0n) is 10.2. The van der Waals surface area contributed by atoms with Crippen molar-refractivity contribution in [3.8, 4) is 17.4 Å². The van der Waals surface area contributed by atoms with Crippen LogP contribution in [0.3, 0.4) is 0 Å². The molecule has 0 aliphatic heterocycles. The quantitative estimate of drug-likeness (QED) is 0.794. The molecule has 0 spiro atoms. The summed E-state index contributed by atoms with van der Waals surface area (Å²) in [4.78, 5) is 9.27. The predicted octanol–water partition coefficient (Wildman–Crippen LogP) is 3.07. The van der Waals surface area contributed by atoms with Crippen molar-refractivity contribution in [3.05, 3.63) is 36.4 Å². The first-order chi connectivity index (χ1) is 9.26. The lowest BCUT2D eigenvalue weighted by atomic mass is 10.3. The Morgan fingerprint density at radius 2 is 1.84 bits per heavy atom. The molecule has 0 aliphatic rings. The zero-order chi connectivity index (χ0) is 13.2. The van der Waals surface area contributed by atoms with E-state index in [0.29, 0.717) is 22.5 Å². The number of methoxy groups -OCH3 is 1. The molecule has 19 heavy (non-hydrogen) atoms. The highest BCUT2D eigenvalue weighted by Crippen LogP contribution is 2.31. The van der Waals surface area contributed by atoms with Gasteiger partial charge in [0.25, 0.3) is 0 Å². The number of benzene rings is 1. The lowest BCUT2D eigenvalue weighted by Gasteiger charge is -2.08. The van der Waals surface area contributed by atoms with Crippen LogP contribution in [-0.2, 0) is 0 Å². The van der Waals surface area contributed by atoms with Crippen LogP contribution in [0.2, 0.25) is 0 Å². The summed E-state index contributed by atoms with van der Waals surface area (Å²) in [5.74, 6) is 1.77. The van der Waals surface area contributed by atoms with Crippen LogP contribution < -0.4 is 15.2 Å². The summed E-state index contributed by atoms with van der Waals surface area (Å²) in [5, 5.41) is 0.497. The van der Waals surface area contributed by atoms with Gasteiger partial charge in [-0.3, -0.25) is 0 Å². The molecule has 96 valence electrons. The van der Waals surface area contributed by atoms with Crippen molar-refractivity contribution in [2.45, 2.75) is 0 Å². The van der Waals surface area contributed by atoms with E-state index in [4.69, 9.17) is 15.2 Å². The maximum Gasteiger partial charge on any atom is 0.220 e. The van der Waals surface area contributed by atoms with Gasteiger partial charge in [0.1, 0.15) is 10.3 Å². The van der Waals surface area contributed by atoms with Crippen molar-refractivity contribution in [1.29, 1.82) is 0 Å². The van der Waals surface area contributed by atoms with E-state index in [1.165, 1.54) is 11.3 Å². The van der Waals surface area contributed by atoms with Crippen LogP contribution in [0.4, 0.5) is 5.13 Å². The van der Waals surface area contributed by atoms with Gasteiger partial charge in [0.15, 0.2) is 16.6 Å². The summed E-state index contributed by atoms with van der Waals surface area (Å²) >= 11 is 1.33. The number of aromatic nitrogens is 2. The first-order valence-corrected chi connectivity index (χ1v) is 6.42. The molecule has 5 nitrogen and oxygen atoms in total. The maximum atomic E-state index is 5.72. The lowest BCUT2D eigenvalue weighted by molar-refractivity contribution is 0.375. The molecule has 0 bridgehead atoms. The molecule has 0 fully saturated rings. The van der Waals surface area contributed by atoms with Crippen molar-refractivity contribution in [2.75, 3.05) is 12.8 Å². The summed E-state index contributed by atoms with van der Waals surface area (Å²) in [6.07, 6.45) is 0. The number of hydrogen-bond donors (Lipinski definition) is 1. The molecule has 6 heteroatoms. The minimum Gasteiger partial charge on any atom is -0.493 e. The predicted molar refractivity (Wildman–Crippen MR) is 74.9 cm³/mol. The van der Waals surface area contributed by atoms with Crippen LogP contribution >= 0.6 is 11.3 Å². The normalized spacial score (nSPS) is 10.6. The number of fused-ring (bicyclic) bond motifs is 1. The van der Waals surface area contributed by atoms with Crippen LogP contribution in [0.5, 0.6) is 17.4 Å². The average molecular weight is 273 g/mol. The maximum absolute atomic E-state index is 5.72. The molecule has 3 rings (SSSR count). The number of nitrogen functional groups attached to an aromatic ring is 1. The van der Waals surface area contributed by atoms with E-state index in [9.17, 15) is 0 Å². The van der Waals surface area contributed by atoms with Gasteiger partial charge in [-0.15, -0.1) is 0 Å². The molecule has 2 aromatic heterocycles. The van der Waals surface area contributed by atoms with Crippen LogP contribution in [-0.4, -0.2) is 17.1 Å². The Balaban J connectivity index is 1.96. The number of thiazole rings is 1. The SMILES string of the molecule is COc1ccccc1Oc1ccc2nc(N)sc2n1. The molecule has 0 unspecified atom stereocenters. The van der Waals surface area contributed by atoms with Gasteiger partial charge in [0.2, 0.25) is 5.88 Å². The fraction of sp³-hybridized carbons (Fsp3) is 0.0769. The molecular weight excluding hydrogens is 262 g/mol. The number of anilines is 1. The summed E-state index contributed by atoms with van der Waals surface area (Å²) in [6.45, 7) is 0. The van der Waals surface area contributed by atoms with Gasteiger partial charge in [0.05, 0.1) is 7.11 Å². The highest BCUT2D eigenvalue weighted by Gasteiger charge is 2.08. The van der Waals surface area contributed by atoms with Crippen molar-refractivity contribution in [2.24, 2.45) is 0 Å². The Bertz CT molecular complexity index is 727. The van der Waals surface area contributed by atoms with E-state index in [-0.39, 0.29) is 0 Å². The first-order valence-electron chi connectivity index (χ1n) is 5.60. The largest absolute Gasteiger partial charge is 0.493 e. The molecular formula is C13H11N3O2S. The molecule has 0 radical (unpaired) electrons. The fourth-order valence-electron chi connectivity index (χ4n) is 1.69. The Kier molecular flexibility index (Phi) is 2.92. The number of para-hydroxylation sites is 2. The Labute approximate surface area is 113 Å². The Morgan fingerprint density at radius 3 is 2.63 bits per heavy atom. The Morgan fingerprint density at radius 1 is 1.05 bits per heavy atom.